The van der Waals surface area contributed by atoms with E-state index in [9.17, 15) is 22.0 Å². The first-order valence-corrected chi connectivity index (χ1v) is 9.71. The number of fused-ring (bicyclic) bond motifs is 2. The largest absolute Gasteiger partial charge is 0.207 e. The van der Waals surface area contributed by atoms with Crippen LogP contribution in [0.3, 0.4) is 0 Å². The molecule has 0 heterocycles. The zero-order valence-corrected chi connectivity index (χ0v) is 16.5. The predicted molar refractivity (Wildman–Crippen MR) is 112 cm³/mol. The average molecular weight is 456 g/mol. The van der Waals surface area contributed by atoms with Gasteiger partial charge in [0.1, 0.15) is 17.5 Å². The summed E-state index contributed by atoms with van der Waals surface area (Å²) in [5.41, 5.74) is -0.565. The van der Waals surface area contributed by atoms with Crippen molar-refractivity contribution in [1.29, 1.82) is 0 Å². The van der Waals surface area contributed by atoms with Gasteiger partial charge in [0.25, 0.3) is 0 Å². The molecule has 0 saturated carbocycles. The molecule has 0 fully saturated rings. The number of halogens is 7. The van der Waals surface area contributed by atoms with Gasteiger partial charge in [-0.1, -0.05) is 36.4 Å². The van der Waals surface area contributed by atoms with Gasteiger partial charge in [0, 0.05) is 33.5 Å². The molecule has 33 heavy (non-hydrogen) atoms. The summed E-state index contributed by atoms with van der Waals surface area (Å²) >= 11 is 0. The molecule has 0 aliphatic carbocycles. The molecule has 5 aromatic carbocycles. The summed E-state index contributed by atoms with van der Waals surface area (Å²) in [6.45, 7) is 0. The Morgan fingerprint density at radius 3 is 1.67 bits per heavy atom. The maximum atomic E-state index is 15.2. The van der Waals surface area contributed by atoms with Crippen LogP contribution in [-0.2, 0) is 0 Å². The molecule has 0 nitrogen and oxygen atoms in total. The summed E-state index contributed by atoms with van der Waals surface area (Å²) in [6.07, 6.45) is 0. The van der Waals surface area contributed by atoms with Crippen molar-refractivity contribution in [2.75, 3.05) is 0 Å². The molecule has 5 rings (SSSR count). The lowest BCUT2D eigenvalue weighted by atomic mass is 9.85. The number of rotatable bonds is 2. The van der Waals surface area contributed by atoms with Gasteiger partial charge in [0.05, 0.1) is 0 Å². The molecule has 0 bridgehead atoms. The Balaban J connectivity index is 2.15. The van der Waals surface area contributed by atoms with Crippen LogP contribution < -0.4 is 0 Å². The highest BCUT2D eigenvalue weighted by Gasteiger charge is 2.29. The van der Waals surface area contributed by atoms with Crippen LogP contribution in [0.15, 0.2) is 66.7 Å². The molecule has 0 radical (unpaired) electrons. The van der Waals surface area contributed by atoms with Crippen LogP contribution in [0.25, 0.3) is 43.8 Å². The van der Waals surface area contributed by atoms with Crippen molar-refractivity contribution in [1.82, 2.24) is 0 Å². The minimum absolute atomic E-state index is 0.0109. The van der Waals surface area contributed by atoms with Crippen LogP contribution in [0.4, 0.5) is 30.7 Å². The molecule has 0 saturated heterocycles. The van der Waals surface area contributed by atoms with Gasteiger partial charge >= 0.3 is 0 Å². The first-order chi connectivity index (χ1) is 15.8. The Kier molecular flexibility index (Phi) is 4.85. The normalized spacial score (nSPS) is 11.5. The van der Waals surface area contributed by atoms with Gasteiger partial charge in [-0.05, 0) is 40.6 Å². The zero-order valence-electron chi connectivity index (χ0n) is 16.5. The molecule has 0 spiro atoms. The van der Waals surface area contributed by atoms with Crippen LogP contribution in [0, 0.1) is 40.7 Å². The van der Waals surface area contributed by atoms with Gasteiger partial charge in [-0.2, -0.15) is 0 Å². The van der Waals surface area contributed by atoms with E-state index in [4.69, 9.17) is 0 Å². The molecule has 0 atom stereocenters. The Hall–Kier alpha value is -3.87. The van der Waals surface area contributed by atoms with Crippen LogP contribution >= 0.6 is 0 Å². The molecular weight excluding hydrogens is 445 g/mol. The fraction of sp³-hybridized carbons (Fsp3) is 0. The fourth-order valence-corrected chi connectivity index (χ4v) is 4.19. The monoisotopic (exact) mass is 456 g/mol. The van der Waals surface area contributed by atoms with Gasteiger partial charge in [-0.15, -0.1) is 0 Å². The highest BCUT2D eigenvalue weighted by molar-refractivity contribution is 6.21. The van der Waals surface area contributed by atoms with E-state index in [2.05, 4.69) is 0 Å². The van der Waals surface area contributed by atoms with Crippen LogP contribution in [0.2, 0.25) is 0 Å². The number of hydrogen-bond acceptors (Lipinski definition) is 0. The van der Waals surface area contributed by atoms with Crippen LogP contribution in [-0.4, -0.2) is 0 Å². The minimum Gasteiger partial charge on any atom is -0.207 e. The SMILES string of the molecule is Fc1ccc(-c2c3ccc(F)cc3c(-c3ccccc3)c3c(F)c(F)c(F)c(F)c23)c(F)c1. The van der Waals surface area contributed by atoms with E-state index >= 15 is 8.78 Å². The van der Waals surface area contributed by atoms with Gasteiger partial charge in [-0.3, -0.25) is 0 Å². The first-order valence-electron chi connectivity index (χ1n) is 9.71. The van der Waals surface area contributed by atoms with Crippen molar-refractivity contribution in [2.45, 2.75) is 0 Å². The van der Waals surface area contributed by atoms with Crippen LogP contribution in [0.1, 0.15) is 0 Å². The maximum Gasteiger partial charge on any atom is 0.198 e. The quantitative estimate of drug-likeness (QED) is 0.108. The second-order valence-electron chi connectivity index (χ2n) is 7.44. The third-order valence-corrected chi connectivity index (χ3v) is 5.55. The van der Waals surface area contributed by atoms with E-state index in [1.165, 1.54) is 18.2 Å². The van der Waals surface area contributed by atoms with Gasteiger partial charge < -0.3 is 0 Å². The number of benzene rings is 5. The molecule has 0 aliphatic heterocycles. The summed E-state index contributed by atoms with van der Waals surface area (Å²) in [5, 5.41) is -1.38. The molecule has 0 amide bonds. The van der Waals surface area contributed by atoms with Crippen LogP contribution in [0.5, 0.6) is 0 Å². The second-order valence-corrected chi connectivity index (χ2v) is 7.44. The third-order valence-electron chi connectivity index (χ3n) is 5.55. The molecular formula is C26H11F7. The first kappa shape index (κ1) is 21.0. The van der Waals surface area contributed by atoms with E-state index in [0.29, 0.717) is 6.07 Å². The zero-order chi connectivity index (χ0) is 23.4. The molecule has 0 unspecified atom stereocenters. The van der Waals surface area contributed by atoms with E-state index in [-0.39, 0.29) is 33.0 Å². The van der Waals surface area contributed by atoms with E-state index in [0.717, 1.165) is 24.3 Å². The lowest BCUT2D eigenvalue weighted by Crippen LogP contribution is -2.03. The van der Waals surface area contributed by atoms with E-state index < -0.39 is 51.5 Å². The predicted octanol–water partition coefficient (Wildman–Crippen LogP) is 8.30. The topological polar surface area (TPSA) is 0 Å². The Morgan fingerprint density at radius 1 is 0.455 bits per heavy atom. The highest BCUT2D eigenvalue weighted by Crippen LogP contribution is 2.47. The summed E-state index contributed by atoms with van der Waals surface area (Å²) < 4.78 is 102. The summed E-state index contributed by atoms with van der Waals surface area (Å²) in [7, 11) is 0. The molecule has 0 aliphatic rings. The average Bonchev–Trinajstić information content (AvgIpc) is 2.80. The van der Waals surface area contributed by atoms with Crippen molar-refractivity contribution in [3.05, 3.63) is 107 Å². The third kappa shape index (κ3) is 3.15. The summed E-state index contributed by atoms with van der Waals surface area (Å²) in [5.74, 6) is -10.4. The molecule has 5 aromatic rings. The van der Waals surface area contributed by atoms with Crippen molar-refractivity contribution in [3.63, 3.8) is 0 Å². The lowest BCUT2D eigenvalue weighted by molar-refractivity contribution is 0.418. The van der Waals surface area contributed by atoms with Crippen molar-refractivity contribution < 1.29 is 30.7 Å². The van der Waals surface area contributed by atoms with Gasteiger partial charge in [-0.25, -0.2) is 30.7 Å². The standard InChI is InChI=1S/C26H11F7/c27-13-6-8-15-17(10-13)19(12-4-2-1-3-5-12)21-22(24(31)26(33)25(32)23(21)30)20(15)16-9-7-14(28)11-18(16)29/h1-11H. The maximum absolute atomic E-state index is 15.2. The summed E-state index contributed by atoms with van der Waals surface area (Å²) in [4.78, 5) is 0. The number of hydrogen-bond donors (Lipinski definition) is 0. The summed E-state index contributed by atoms with van der Waals surface area (Å²) in [6, 6.07) is 13.4. The van der Waals surface area contributed by atoms with Crippen molar-refractivity contribution in [3.8, 4) is 22.3 Å². The van der Waals surface area contributed by atoms with Gasteiger partial charge in [0.2, 0.25) is 0 Å². The Bertz CT molecular complexity index is 1570. The van der Waals surface area contributed by atoms with E-state index in [1.54, 1.807) is 18.2 Å². The van der Waals surface area contributed by atoms with Crippen molar-refractivity contribution >= 4 is 21.5 Å². The Labute approximate surface area is 182 Å². The molecule has 0 aromatic heterocycles. The molecule has 0 N–H and O–H groups in total. The Morgan fingerprint density at radius 2 is 1.03 bits per heavy atom. The van der Waals surface area contributed by atoms with E-state index in [1.807, 2.05) is 0 Å². The minimum atomic E-state index is -2.08. The highest BCUT2D eigenvalue weighted by atomic mass is 19.2. The second kappa shape index (κ2) is 7.62. The van der Waals surface area contributed by atoms with Crippen molar-refractivity contribution in [2.24, 2.45) is 0 Å². The fourth-order valence-electron chi connectivity index (χ4n) is 4.19. The van der Waals surface area contributed by atoms with Gasteiger partial charge in [0.15, 0.2) is 23.3 Å². The smallest absolute Gasteiger partial charge is 0.198 e. The molecule has 164 valence electrons. The molecule has 7 heteroatoms. The lowest BCUT2D eigenvalue weighted by Gasteiger charge is -2.19.